The Morgan fingerprint density at radius 1 is 1.02 bits per heavy atom. The molecule has 4 aromatic rings. The van der Waals surface area contributed by atoms with Crippen molar-refractivity contribution in [3.05, 3.63) is 110 Å². The number of carbonyl (C=O) groups is 2. The first-order valence-electron chi connectivity index (χ1n) is 15.9. The van der Waals surface area contributed by atoms with Crippen molar-refractivity contribution in [1.29, 1.82) is 0 Å². The van der Waals surface area contributed by atoms with Gasteiger partial charge in [0.1, 0.15) is 11.3 Å². The standard InChI is InChI=1S/C37H39ClN2O5/c1-44-30-16-17-34-32(21-30)33(41)22-35(45-34)37(43)39-29(20-25-10-14-28(38)15-11-25)19-24-8-12-26(13-9-24)31-6-3-2-5-27(31)23-40-18-4-7-36(40)42/h2-3,5-6,10-11,14-17,21-22,24,26,29H,4,7-9,12-13,18-20,23H2,1H3,(H,39,43)/t24?,26?,29-/m0/s1. The Kier molecular flexibility index (Phi) is 9.55. The minimum atomic E-state index is -0.400. The molecule has 8 heteroatoms. The zero-order valence-corrected chi connectivity index (χ0v) is 26.4. The third-order valence-electron chi connectivity index (χ3n) is 9.38. The van der Waals surface area contributed by atoms with Gasteiger partial charge in [-0.1, -0.05) is 48.0 Å². The smallest absolute Gasteiger partial charge is 0.287 e. The number of hydrogen-bond donors (Lipinski definition) is 1. The molecule has 0 radical (unpaired) electrons. The van der Waals surface area contributed by atoms with E-state index in [0.29, 0.717) is 53.0 Å². The highest BCUT2D eigenvalue weighted by molar-refractivity contribution is 6.30. The van der Waals surface area contributed by atoms with Gasteiger partial charge in [-0.15, -0.1) is 0 Å². The molecule has 0 spiro atoms. The number of nitrogens with zero attached hydrogens (tertiary/aromatic N) is 1. The first kappa shape index (κ1) is 30.9. The van der Waals surface area contributed by atoms with Crippen LogP contribution in [0.25, 0.3) is 11.0 Å². The van der Waals surface area contributed by atoms with E-state index in [0.717, 1.165) is 50.6 Å². The summed E-state index contributed by atoms with van der Waals surface area (Å²) < 4.78 is 11.1. The molecule has 2 heterocycles. The first-order valence-corrected chi connectivity index (χ1v) is 16.3. The number of amides is 2. The van der Waals surface area contributed by atoms with Gasteiger partial charge in [0.05, 0.1) is 12.5 Å². The van der Waals surface area contributed by atoms with Crippen molar-refractivity contribution in [2.75, 3.05) is 13.7 Å². The van der Waals surface area contributed by atoms with Gasteiger partial charge in [0.25, 0.3) is 5.91 Å². The molecular weight excluding hydrogens is 588 g/mol. The summed E-state index contributed by atoms with van der Waals surface area (Å²) in [6.07, 6.45) is 7.32. The van der Waals surface area contributed by atoms with Crippen LogP contribution in [-0.4, -0.2) is 36.4 Å². The van der Waals surface area contributed by atoms with Crippen molar-refractivity contribution in [2.45, 2.75) is 69.9 Å². The molecular formula is C37H39ClN2O5. The molecule has 45 heavy (non-hydrogen) atoms. The Morgan fingerprint density at radius 2 is 1.80 bits per heavy atom. The van der Waals surface area contributed by atoms with Crippen LogP contribution >= 0.6 is 11.6 Å². The zero-order chi connectivity index (χ0) is 31.3. The Morgan fingerprint density at radius 3 is 2.53 bits per heavy atom. The summed E-state index contributed by atoms with van der Waals surface area (Å²) in [5.74, 6) is 1.31. The van der Waals surface area contributed by atoms with Crippen molar-refractivity contribution in [3.8, 4) is 5.75 Å². The van der Waals surface area contributed by atoms with E-state index in [-0.39, 0.29) is 23.1 Å². The topological polar surface area (TPSA) is 88.8 Å². The molecule has 2 aliphatic rings. The Balaban J connectivity index is 1.15. The van der Waals surface area contributed by atoms with E-state index in [9.17, 15) is 14.4 Å². The fraction of sp³-hybridized carbons (Fsp3) is 0.378. The van der Waals surface area contributed by atoms with Gasteiger partial charge in [0.15, 0.2) is 11.2 Å². The van der Waals surface area contributed by atoms with Crippen molar-refractivity contribution >= 4 is 34.4 Å². The molecule has 1 aliphatic heterocycles. The van der Waals surface area contributed by atoms with Gasteiger partial charge in [-0.05, 0) is 104 Å². The van der Waals surface area contributed by atoms with Crippen LogP contribution in [0.5, 0.6) is 5.75 Å². The number of likely N-dealkylation sites (tertiary alicyclic amines) is 1. The van der Waals surface area contributed by atoms with Crippen LogP contribution in [0.4, 0.5) is 0 Å². The molecule has 1 saturated carbocycles. The minimum Gasteiger partial charge on any atom is -0.497 e. The monoisotopic (exact) mass is 626 g/mol. The lowest BCUT2D eigenvalue weighted by Gasteiger charge is -2.33. The highest BCUT2D eigenvalue weighted by Gasteiger charge is 2.29. The van der Waals surface area contributed by atoms with Gasteiger partial charge in [0.2, 0.25) is 5.91 Å². The maximum atomic E-state index is 13.5. The van der Waals surface area contributed by atoms with Crippen molar-refractivity contribution < 1.29 is 18.7 Å². The van der Waals surface area contributed by atoms with Crippen LogP contribution in [0.2, 0.25) is 5.02 Å². The molecule has 1 aliphatic carbocycles. The molecule has 6 rings (SSSR count). The quantitative estimate of drug-likeness (QED) is 0.200. The molecule has 234 valence electrons. The highest BCUT2D eigenvalue weighted by Crippen LogP contribution is 2.39. The van der Waals surface area contributed by atoms with E-state index in [1.54, 1.807) is 18.2 Å². The van der Waals surface area contributed by atoms with Crippen LogP contribution in [0.3, 0.4) is 0 Å². The first-order chi connectivity index (χ1) is 21.9. The molecule has 2 fully saturated rings. The fourth-order valence-electron chi connectivity index (χ4n) is 6.99. The second-order valence-electron chi connectivity index (χ2n) is 12.4. The third kappa shape index (κ3) is 7.42. The lowest BCUT2D eigenvalue weighted by molar-refractivity contribution is -0.128. The van der Waals surface area contributed by atoms with Gasteiger partial charge in [-0.25, -0.2) is 0 Å². The average Bonchev–Trinajstić information content (AvgIpc) is 3.46. The summed E-state index contributed by atoms with van der Waals surface area (Å²) >= 11 is 6.14. The summed E-state index contributed by atoms with van der Waals surface area (Å²) in [4.78, 5) is 40.6. The number of benzene rings is 3. The molecule has 0 unspecified atom stereocenters. The predicted octanol–water partition coefficient (Wildman–Crippen LogP) is 7.28. The van der Waals surface area contributed by atoms with Gasteiger partial charge in [-0.3, -0.25) is 14.4 Å². The van der Waals surface area contributed by atoms with E-state index in [4.69, 9.17) is 20.8 Å². The molecule has 1 N–H and O–H groups in total. The van der Waals surface area contributed by atoms with Gasteiger partial charge in [-0.2, -0.15) is 0 Å². The van der Waals surface area contributed by atoms with Crippen LogP contribution in [0.15, 0.2) is 82.0 Å². The van der Waals surface area contributed by atoms with E-state index in [1.807, 2.05) is 29.2 Å². The Bertz CT molecular complexity index is 1730. The van der Waals surface area contributed by atoms with Crippen molar-refractivity contribution in [2.24, 2.45) is 5.92 Å². The van der Waals surface area contributed by atoms with Gasteiger partial charge in [0, 0.05) is 36.6 Å². The van der Waals surface area contributed by atoms with E-state index < -0.39 is 5.91 Å². The number of fused-ring (bicyclic) bond motifs is 1. The lowest BCUT2D eigenvalue weighted by atomic mass is 9.75. The maximum absolute atomic E-state index is 13.5. The number of ether oxygens (including phenoxy) is 1. The molecule has 0 bridgehead atoms. The molecule has 2 amide bonds. The number of hydrogen-bond acceptors (Lipinski definition) is 5. The SMILES string of the molecule is COc1ccc2oc(C(=O)N[C@H](Cc3ccc(Cl)cc3)CC3CCC(c4ccccc4CN4CCCC4=O)CC3)cc(=O)c2c1. The molecule has 1 aromatic heterocycles. The second kappa shape index (κ2) is 13.9. The van der Waals surface area contributed by atoms with Gasteiger partial charge < -0.3 is 19.4 Å². The number of carbonyl (C=O) groups excluding carboxylic acids is 2. The Hall–Kier alpha value is -4.10. The third-order valence-corrected chi connectivity index (χ3v) is 9.63. The fourth-order valence-corrected chi connectivity index (χ4v) is 7.12. The highest BCUT2D eigenvalue weighted by atomic mass is 35.5. The number of rotatable bonds is 10. The molecule has 3 aromatic carbocycles. The van der Waals surface area contributed by atoms with Crippen LogP contribution in [-0.2, 0) is 17.8 Å². The summed E-state index contributed by atoms with van der Waals surface area (Å²) in [6.45, 7) is 1.54. The summed E-state index contributed by atoms with van der Waals surface area (Å²) in [6, 6.07) is 22.4. The summed E-state index contributed by atoms with van der Waals surface area (Å²) in [7, 11) is 1.54. The average molecular weight is 627 g/mol. The van der Waals surface area contributed by atoms with Crippen LogP contribution in [0.1, 0.15) is 78.1 Å². The summed E-state index contributed by atoms with van der Waals surface area (Å²) in [5.41, 5.74) is 3.76. The Labute approximate surface area is 268 Å². The number of nitrogens with one attached hydrogen (secondary N) is 1. The van der Waals surface area contributed by atoms with Crippen LogP contribution in [0, 0.1) is 5.92 Å². The number of halogens is 1. The lowest BCUT2D eigenvalue weighted by Crippen LogP contribution is -2.38. The normalized spacial score (nSPS) is 19.1. The van der Waals surface area contributed by atoms with E-state index in [2.05, 4.69) is 29.6 Å². The second-order valence-corrected chi connectivity index (χ2v) is 12.8. The predicted molar refractivity (Wildman–Crippen MR) is 176 cm³/mol. The van der Waals surface area contributed by atoms with E-state index in [1.165, 1.54) is 24.3 Å². The minimum absolute atomic E-state index is 0.00410. The van der Waals surface area contributed by atoms with Crippen LogP contribution < -0.4 is 15.5 Å². The number of methoxy groups -OCH3 is 1. The zero-order valence-electron chi connectivity index (χ0n) is 25.6. The summed E-state index contributed by atoms with van der Waals surface area (Å²) in [5, 5.41) is 4.23. The van der Waals surface area contributed by atoms with Crippen molar-refractivity contribution in [1.82, 2.24) is 10.2 Å². The maximum Gasteiger partial charge on any atom is 0.287 e. The van der Waals surface area contributed by atoms with Crippen molar-refractivity contribution in [3.63, 3.8) is 0 Å². The van der Waals surface area contributed by atoms with E-state index >= 15 is 0 Å². The molecule has 1 saturated heterocycles. The molecule has 1 atom stereocenters. The largest absolute Gasteiger partial charge is 0.497 e. The van der Waals surface area contributed by atoms with Gasteiger partial charge >= 0.3 is 0 Å². The molecule has 7 nitrogen and oxygen atoms in total.